The highest BCUT2D eigenvalue weighted by Gasteiger charge is 2.25. The average Bonchev–Trinajstić information content (AvgIpc) is 3.28. The molecule has 0 aliphatic carbocycles. The third kappa shape index (κ3) is 5.25. The number of rotatable bonds is 8. The number of carbonyl (C=O) groups excluding carboxylic acids is 2. The number of aromatic amines is 1. The van der Waals surface area contributed by atoms with Gasteiger partial charge in [-0.15, -0.1) is 0 Å². The van der Waals surface area contributed by atoms with Gasteiger partial charge in [0.2, 0.25) is 5.91 Å². The van der Waals surface area contributed by atoms with E-state index in [-0.39, 0.29) is 11.8 Å². The Kier molecular flexibility index (Phi) is 7.09. The molecule has 1 aliphatic rings. The van der Waals surface area contributed by atoms with Crippen LogP contribution < -0.4 is 14.8 Å². The Hall–Kier alpha value is -3.59. The van der Waals surface area contributed by atoms with Gasteiger partial charge < -0.3 is 19.7 Å². The van der Waals surface area contributed by atoms with E-state index in [1.54, 1.807) is 19.1 Å². The molecule has 0 unspecified atom stereocenters. The second kappa shape index (κ2) is 10.4. The van der Waals surface area contributed by atoms with Crippen molar-refractivity contribution in [3.05, 3.63) is 53.7 Å². The smallest absolute Gasteiger partial charge is 0.275 e. The SMILES string of the molecule is COc1ccc(CCNC(=O)CN2CCN(C(=O)c3n[nH]c4ccccc34)CC2)cc1OC. The molecule has 0 bridgehead atoms. The van der Waals surface area contributed by atoms with Crippen molar-refractivity contribution >= 4 is 22.7 Å². The number of aromatic nitrogens is 2. The number of ether oxygens (including phenoxy) is 2. The van der Waals surface area contributed by atoms with E-state index in [4.69, 9.17) is 9.47 Å². The Labute approximate surface area is 192 Å². The molecule has 1 saturated heterocycles. The van der Waals surface area contributed by atoms with Crippen molar-refractivity contribution in [2.75, 3.05) is 53.5 Å². The van der Waals surface area contributed by atoms with E-state index in [0.29, 0.717) is 62.9 Å². The lowest BCUT2D eigenvalue weighted by molar-refractivity contribution is -0.122. The fraction of sp³-hybridized carbons (Fsp3) is 0.375. The van der Waals surface area contributed by atoms with Gasteiger partial charge in [0, 0.05) is 38.1 Å². The molecule has 3 aromatic rings. The van der Waals surface area contributed by atoms with Crippen LogP contribution in [0.3, 0.4) is 0 Å². The first-order chi connectivity index (χ1) is 16.1. The number of fused-ring (bicyclic) bond motifs is 1. The van der Waals surface area contributed by atoms with Gasteiger partial charge in [-0.1, -0.05) is 24.3 Å². The van der Waals surface area contributed by atoms with Crippen molar-refractivity contribution in [1.29, 1.82) is 0 Å². The highest BCUT2D eigenvalue weighted by atomic mass is 16.5. The van der Waals surface area contributed by atoms with Crippen molar-refractivity contribution in [2.24, 2.45) is 0 Å². The van der Waals surface area contributed by atoms with E-state index in [1.807, 2.05) is 42.5 Å². The van der Waals surface area contributed by atoms with Gasteiger partial charge in [-0.3, -0.25) is 19.6 Å². The number of carbonyl (C=O) groups is 2. The molecule has 9 heteroatoms. The largest absolute Gasteiger partial charge is 0.493 e. The number of hydrogen-bond donors (Lipinski definition) is 2. The minimum absolute atomic E-state index is 0.0199. The Morgan fingerprint density at radius 2 is 1.79 bits per heavy atom. The molecule has 4 rings (SSSR count). The Morgan fingerprint density at radius 3 is 2.55 bits per heavy atom. The Balaban J connectivity index is 1.21. The average molecular weight is 452 g/mol. The lowest BCUT2D eigenvalue weighted by Gasteiger charge is -2.34. The van der Waals surface area contributed by atoms with Crippen LogP contribution in [0.15, 0.2) is 42.5 Å². The number of methoxy groups -OCH3 is 2. The fourth-order valence-corrected chi connectivity index (χ4v) is 4.03. The summed E-state index contributed by atoms with van der Waals surface area (Å²) in [6, 6.07) is 13.4. The predicted molar refractivity (Wildman–Crippen MR) is 125 cm³/mol. The molecule has 1 aliphatic heterocycles. The number of amides is 2. The molecule has 2 amide bonds. The standard InChI is InChI=1S/C24H29N5O4/c1-32-20-8-7-17(15-21(20)33-2)9-10-25-22(30)16-28-11-13-29(14-12-28)24(31)23-18-5-3-4-6-19(18)26-27-23/h3-8,15H,9-14,16H2,1-2H3,(H,25,30)(H,26,27). The molecule has 9 nitrogen and oxygen atoms in total. The van der Waals surface area contributed by atoms with Crippen LogP contribution in [0.2, 0.25) is 0 Å². The quantitative estimate of drug-likeness (QED) is 0.541. The van der Waals surface area contributed by atoms with E-state index >= 15 is 0 Å². The monoisotopic (exact) mass is 451 g/mol. The van der Waals surface area contributed by atoms with Gasteiger partial charge in [-0.2, -0.15) is 5.10 Å². The van der Waals surface area contributed by atoms with E-state index in [0.717, 1.165) is 16.5 Å². The molecule has 2 aromatic carbocycles. The number of nitrogens with zero attached hydrogens (tertiary/aromatic N) is 3. The maximum Gasteiger partial charge on any atom is 0.275 e. The maximum absolute atomic E-state index is 12.9. The van der Waals surface area contributed by atoms with Gasteiger partial charge in [-0.25, -0.2) is 0 Å². The molecule has 33 heavy (non-hydrogen) atoms. The number of piperazine rings is 1. The van der Waals surface area contributed by atoms with E-state index < -0.39 is 0 Å². The summed E-state index contributed by atoms with van der Waals surface area (Å²) in [5, 5.41) is 10.9. The van der Waals surface area contributed by atoms with Gasteiger partial charge in [0.05, 0.1) is 26.3 Å². The van der Waals surface area contributed by atoms with Gasteiger partial charge in [0.1, 0.15) is 0 Å². The molecular weight excluding hydrogens is 422 g/mol. The summed E-state index contributed by atoms with van der Waals surface area (Å²) >= 11 is 0. The van der Waals surface area contributed by atoms with E-state index in [1.165, 1.54) is 0 Å². The highest BCUT2D eigenvalue weighted by Crippen LogP contribution is 2.27. The minimum Gasteiger partial charge on any atom is -0.493 e. The fourth-order valence-electron chi connectivity index (χ4n) is 4.03. The third-order valence-corrected chi connectivity index (χ3v) is 5.88. The molecule has 1 aromatic heterocycles. The van der Waals surface area contributed by atoms with Crippen LogP contribution in [0.4, 0.5) is 0 Å². The Morgan fingerprint density at radius 1 is 1.03 bits per heavy atom. The molecule has 0 atom stereocenters. The van der Waals surface area contributed by atoms with Crippen molar-refractivity contribution in [3.8, 4) is 11.5 Å². The number of nitrogens with one attached hydrogen (secondary N) is 2. The molecule has 0 spiro atoms. The zero-order valence-corrected chi connectivity index (χ0v) is 19.0. The summed E-state index contributed by atoms with van der Waals surface area (Å²) in [5.74, 6) is 1.26. The molecule has 1 fully saturated rings. The summed E-state index contributed by atoms with van der Waals surface area (Å²) in [5.41, 5.74) is 2.36. The van der Waals surface area contributed by atoms with Crippen LogP contribution in [0, 0.1) is 0 Å². The van der Waals surface area contributed by atoms with Crippen molar-refractivity contribution in [2.45, 2.75) is 6.42 Å². The molecule has 0 radical (unpaired) electrons. The van der Waals surface area contributed by atoms with Crippen molar-refractivity contribution < 1.29 is 19.1 Å². The van der Waals surface area contributed by atoms with Gasteiger partial charge in [0.15, 0.2) is 17.2 Å². The second-order valence-corrected chi connectivity index (χ2v) is 7.98. The molecule has 2 N–H and O–H groups in total. The first-order valence-electron chi connectivity index (χ1n) is 11.0. The summed E-state index contributed by atoms with van der Waals surface area (Å²) in [4.78, 5) is 29.1. The highest BCUT2D eigenvalue weighted by molar-refractivity contribution is 6.04. The topological polar surface area (TPSA) is 99.8 Å². The first kappa shape index (κ1) is 22.6. The predicted octanol–water partition coefficient (Wildman–Crippen LogP) is 1.70. The maximum atomic E-state index is 12.9. The van der Waals surface area contributed by atoms with Crippen LogP contribution in [-0.2, 0) is 11.2 Å². The third-order valence-electron chi connectivity index (χ3n) is 5.88. The summed E-state index contributed by atoms with van der Waals surface area (Å²) < 4.78 is 10.6. The normalized spacial score (nSPS) is 14.3. The number of H-pyrrole nitrogens is 1. The zero-order valence-electron chi connectivity index (χ0n) is 19.0. The Bertz CT molecular complexity index is 1120. The summed E-state index contributed by atoms with van der Waals surface area (Å²) in [6.07, 6.45) is 0.700. The molecule has 0 saturated carbocycles. The lowest BCUT2D eigenvalue weighted by Crippen LogP contribution is -2.51. The van der Waals surface area contributed by atoms with Crippen LogP contribution in [-0.4, -0.2) is 85.3 Å². The first-order valence-corrected chi connectivity index (χ1v) is 11.0. The van der Waals surface area contributed by atoms with E-state index in [9.17, 15) is 9.59 Å². The molecule has 2 heterocycles. The van der Waals surface area contributed by atoms with Gasteiger partial charge in [0.25, 0.3) is 5.91 Å². The van der Waals surface area contributed by atoms with Crippen LogP contribution in [0.5, 0.6) is 11.5 Å². The number of para-hydroxylation sites is 1. The van der Waals surface area contributed by atoms with Crippen molar-refractivity contribution in [1.82, 2.24) is 25.3 Å². The van der Waals surface area contributed by atoms with Crippen LogP contribution in [0.1, 0.15) is 16.1 Å². The number of hydrogen-bond acceptors (Lipinski definition) is 6. The number of benzene rings is 2. The molecular formula is C24H29N5O4. The summed E-state index contributed by atoms with van der Waals surface area (Å²) in [7, 11) is 3.21. The van der Waals surface area contributed by atoms with E-state index in [2.05, 4.69) is 20.4 Å². The van der Waals surface area contributed by atoms with Gasteiger partial charge in [-0.05, 0) is 30.2 Å². The van der Waals surface area contributed by atoms with Crippen molar-refractivity contribution in [3.63, 3.8) is 0 Å². The van der Waals surface area contributed by atoms with Gasteiger partial charge >= 0.3 is 0 Å². The minimum atomic E-state index is -0.0773. The second-order valence-electron chi connectivity index (χ2n) is 7.98. The summed E-state index contributed by atoms with van der Waals surface area (Å²) in [6.45, 7) is 3.30. The van der Waals surface area contributed by atoms with Crippen LogP contribution in [0.25, 0.3) is 10.9 Å². The van der Waals surface area contributed by atoms with Crippen LogP contribution >= 0.6 is 0 Å². The zero-order chi connectivity index (χ0) is 23.2. The lowest BCUT2D eigenvalue weighted by atomic mass is 10.1. The molecule has 174 valence electrons.